The molecule has 0 heterocycles. The van der Waals surface area contributed by atoms with Gasteiger partial charge in [0.1, 0.15) is 6.61 Å². The molecule has 0 saturated heterocycles. The molecule has 1 amide bonds. The minimum atomic E-state index is -1.88. The quantitative estimate of drug-likeness (QED) is 0.643. The highest BCUT2D eigenvalue weighted by molar-refractivity contribution is 5.85. The van der Waals surface area contributed by atoms with E-state index in [1.807, 2.05) is 0 Å². The van der Waals surface area contributed by atoms with Crippen molar-refractivity contribution in [2.75, 3.05) is 25.9 Å². The molecule has 0 saturated carbocycles. The van der Waals surface area contributed by atoms with Crippen molar-refractivity contribution in [3.8, 4) is 0 Å². The number of methoxy groups -OCH3 is 2. The minimum absolute atomic E-state index is 0.403. The Morgan fingerprint density at radius 3 is 2.30 bits per heavy atom. The van der Waals surface area contributed by atoms with Crippen LogP contribution < -0.4 is 5.06 Å². The molecule has 20 heavy (non-hydrogen) atoms. The summed E-state index contributed by atoms with van der Waals surface area (Å²) in [5, 5.41) is 10.7. The summed E-state index contributed by atoms with van der Waals surface area (Å²) in [6.07, 6.45) is -0.781. The van der Waals surface area contributed by atoms with Crippen molar-refractivity contribution in [1.82, 2.24) is 0 Å². The maximum atomic E-state index is 11.6. The fourth-order valence-corrected chi connectivity index (χ4v) is 1.35. The van der Waals surface area contributed by atoms with Crippen molar-refractivity contribution in [2.45, 2.75) is 12.5 Å². The molecule has 0 bridgehead atoms. The number of nitrogens with zero attached hydrogens (tertiary/aromatic N) is 1. The highest BCUT2D eigenvalue weighted by atomic mass is 16.7. The van der Waals surface area contributed by atoms with E-state index < -0.39 is 24.3 Å². The standard InChI is InChI=1S/C13H17NO6/c1-13(17,11(15)18-2)9-20-14(12(16)19-3)10-7-5-4-6-8-10/h4-8,17H,9H2,1-3H3. The Bertz CT molecular complexity index is 459. The average Bonchev–Trinajstić information content (AvgIpc) is 2.47. The van der Waals surface area contributed by atoms with Crippen LogP contribution in [0.1, 0.15) is 6.92 Å². The Morgan fingerprint density at radius 2 is 1.80 bits per heavy atom. The largest absolute Gasteiger partial charge is 0.467 e. The molecule has 7 heteroatoms. The number of para-hydroxylation sites is 1. The molecule has 0 aliphatic heterocycles. The summed E-state index contributed by atoms with van der Waals surface area (Å²) in [7, 11) is 2.34. The van der Waals surface area contributed by atoms with Gasteiger partial charge in [-0.25, -0.2) is 9.59 Å². The number of esters is 1. The maximum Gasteiger partial charge on any atom is 0.438 e. The molecule has 7 nitrogen and oxygen atoms in total. The van der Waals surface area contributed by atoms with Crippen LogP contribution in [0, 0.1) is 0 Å². The highest BCUT2D eigenvalue weighted by Crippen LogP contribution is 2.17. The number of aliphatic hydroxyl groups is 1. The topological polar surface area (TPSA) is 85.3 Å². The second-order valence-corrected chi connectivity index (χ2v) is 4.14. The summed E-state index contributed by atoms with van der Waals surface area (Å²) in [4.78, 5) is 28.2. The van der Waals surface area contributed by atoms with Gasteiger partial charge in [0.25, 0.3) is 0 Å². The first-order valence-electron chi connectivity index (χ1n) is 5.79. The van der Waals surface area contributed by atoms with Gasteiger partial charge in [-0.3, -0.25) is 4.84 Å². The molecule has 0 spiro atoms. The lowest BCUT2D eigenvalue weighted by atomic mass is 10.1. The number of benzene rings is 1. The van der Waals surface area contributed by atoms with Crippen molar-refractivity contribution >= 4 is 17.7 Å². The Hall–Kier alpha value is -2.12. The first kappa shape index (κ1) is 15.9. The van der Waals surface area contributed by atoms with Crippen molar-refractivity contribution in [3.63, 3.8) is 0 Å². The Balaban J connectivity index is 2.83. The van der Waals surface area contributed by atoms with E-state index in [0.717, 1.165) is 12.2 Å². The third-order valence-electron chi connectivity index (χ3n) is 2.43. The summed E-state index contributed by atoms with van der Waals surface area (Å²) in [6.45, 7) is 0.753. The molecule has 0 aliphatic carbocycles. The molecule has 110 valence electrons. The van der Waals surface area contributed by atoms with E-state index in [9.17, 15) is 14.7 Å². The van der Waals surface area contributed by atoms with E-state index in [1.54, 1.807) is 30.3 Å². The smallest absolute Gasteiger partial charge is 0.438 e. The number of ether oxygens (including phenoxy) is 2. The van der Waals surface area contributed by atoms with Crippen LogP contribution >= 0.6 is 0 Å². The number of hydrogen-bond acceptors (Lipinski definition) is 6. The van der Waals surface area contributed by atoms with E-state index in [1.165, 1.54) is 14.0 Å². The van der Waals surface area contributed by atoms with Gasteiger partial charge in [-0.1, -0.05) is 18.2 Å². The molecule has 1 rings (SSSR count). The van der Waals surface area contributed by atoms with Crippen molar-refractivity contribution in [3.05, 3.63) is 30.3 Å². The molecule has 0 aromatic heterocycles. The van der Waals surface area contributed by atoms with Crippen LogP contribution in [0.4, 0.5) is 10.5 Å². The van der Waals surface area contributed by atoms with E-state index >= 15 is 0 Å². The average molecular weight is 283 g/mol. The Labute approximate surface area is 116 Å². The van der Waals surface area contributed by atoms with E-state index in [0.29, 0.717) is 5.69 Å². The number of hydrogen-bond donors (Lipinski definition) is 1. The Morgan fingerprint density at radius 1 is 1.20 bits per heavy atom. The second kappa shape index (κ2) is 6.88. The van der Waals surface area contributed by atoms with Crippen LogP contribution in [0.5, 0.6) is 0 Å². The summed E-state index contributed by atoms with van der Waals surface area (Å²) in [6, 6.07) is 8.40. The molecule has 0 radical (unpaired) electrons. The number of carbonyl (C=O) groups excluding carboxylic acids is 2. The molecule has 0 fully saturated rings. The molecule has 1 aromatic carbocycles. The lowest BCUT2D eigenvalue weighted by Crippen LogP contribution is -2.44. The SMILES string of the molecule is COC(=O)N(OCC(C)(O)C(=O)OC)c1ccccc1. The van der Waals surface area contributed by atoms with Gasteiger partial charge in [-0.15, -0.1) is 0 Å². The lowest BCUT2D eigenvalue weighted by molar-refractivity contribution is -0.166. The van der Waals surface area contributed by atoms with Crippen molar-refractivity contribution in [2.24, 2.45) is 0 Å². The number of rotatable bonds is 5. The van der Waals surface area contributed by atoms with Crippen molar-refractivity contribution in [1.29, 1.82) is 0 Å². The van der Waals surface area contributed by atoms with Gasteiger partial charge < -0.3 is 14.6 Å². The van der Waals surface area contributed by atoms with Crippen LogP contribution in [0.3, 0.4) is 0 Å². The zero-order valence-corrected chi connectivity index (χ0v) is 11.5. The van der Waals surface area contributed by atoms with Crippen LogP contribution in [0.2, 0.25) is 0 Å². The fourth-order valence-electron chi connectivity index (χ4n) is 1.35. The van der Waals surface area contributed by atoms with Crippen LogP contribution in [-0.4, -0.2) is 43.6 Å². The molecule has 1 atom stereocenters. The Kier molecular flexibility index (Phi) is 5.48. The molecule has 1 unspecified atom stereocenters. The summed E-state index contributed by atoms with van der Waals surface area (Å²) in [5.41, 5.74) is -1.48. The second-order valence-electron chi connectivity index (χ2n) is 4.14. The zero-order chi connectivity index (χ0) is 15.2. The van der Waals surface area contributed by atoms with Crippen LogP contribution in [-0.2, 0) is 19.1 Å². The number of hydroxylamine groups is 1. The minimum Gasteiger partial charge on any atom is -0.467 e. The van der Waals surface area contributed by atoms with Gasteiger partial charge in [-0.2, -0.15) is 5.06 Å². The van der Waals surface area contributed by atoms with E-state index in [-0.39, 0.29) is 0 Å². The number of amides is 1. The van der Waals surface area contributed by atoms with Gasteiger partial charge in [0.2, 0.25) is 0 Å². The number of anilines is 1. The van der Waals surface area contributed by atoms with Gasteiger partial charge in [-0.05, 0) is 19.1 Å². The third-order valence-corrected chi connectivity index (χ3v) is 2.43. The predicted octanol–water partition coefficient (Wildman–Crippen LogP) is 1.11. The van der Waals surface area contributed by atoms with Crippen LogP contribution in [0.15, 0.2) is 30.3 Å². The van der Waals surface area contributed by atoms with Gasteiger partial charge in [0.15, 0.2) is 5.60 Å². The van der Waals surface area contributed by atoms with Gasteiger partial charge in [0.05, 0.1) is 19.9 Å². The normalized spacial score (nSPS) is 13.2. The molecular formula is C13H17NO6. The summed E-state index contributed by atoms with van der Waals surface area (Å²) in [5.74, 6) is -0.865. The first-order valence-corrected chi connectivity index (χ1v) is 5.79. The zero-order valence-electron chi connectivity index (χ0n) is 11.5. The predicted molar refractivity (Wildman–Crippen MR) is 69.9 cm³/mol. The highest BCUT2D eigenvalue weighted by Gasteiger charge is 2.34. The summed E-state index contributed by atoms with van der Waals surface area (Å²) >= 11 is 0. The molecular weight excluding hydrogens is 266 g/mol. The number of carbonyl (C=O) groups is 2. The lowest BCUT2D eigenvalue weighted by Gasteiger charge is -2.25. The molecule has 1 aromatic rings. The van der Waals surface area contributed by atoms with E-state index in [2.05, 4.69) is 9.47 Å². The van der Waals surface area contributed by atoms with E-state index in [4.69, 9.17) is 4.84 Å². The van der Waals surface area contributed by atoms with Crippen LogP contribution in [0.25, 0.3) is 0 Å². The summed E-state index contributed by atoms with van der Waals surface area (Å²) < 4.78 is 9.02. The van der Waals surface area contributed by atoms with Crippen molar-refractivity contribution < 1.29 is 29.0 Å². The maximum absolute atomic E-state index is 11.6. The first-order chi connectivity index (χ1) is 9.42. The molecule has 1 N–H and O–H groups in total. The fraction of sp³-hybridized carbons (Fsp3) is 0.385. The third kappa shape index (κ3) is 3.94. The van der Waals surface area contributed by atoms with Gasteiger partial charge in [0, 0.05) is 0 Å². The van der Waals surface area contributed by atoms with Gasteiger partial charge >= 0.3 is 12.1 Å². The molecule has 0 aliphatic rings. The monoisotopic (exact) mass is 283 g/mol.